The summed E-state index contributed by atoms with van der Waals surface area (Å²) >= 11 is 0. The van der Waals surface area contributed by atoms with E-state index < -0.39 is 0 Å². The van der Waals surface area contributed by atoms with Gasteiger partial charge < -0.3 is 24.6 Å². The van der Waals surface area contributed by atoms with Gasteiger partial charge in [-0.1, -0.05) is 12.1 Å². The Morgan fingerprint density at radius 1 is 1.22 bits per heavy atom. The summed E-state index contributed by atoms with van der Waals surface area (Å²) in [6.07, 6.45) is 2.51. The summed E-state index contributed by atoms with van der Waals surface area (Å²) in [5.74, 6) is 1.93. The molecule has 0 aliphatic carbocycles. The molecule has 0 aromatic heterocycles. The molecule has 0 radical (unpaired) electrons. The Labute approximate surface area is 181 Å². The highest BCUT2D eigenvalue weighted by atomic mass is 127. The number of rotatable bonds is 10. The average molecular weight is 490 g/mol. The zero-order valence-corrected chi connectivity index (χ0v) is 19.3. The lowest BCUT2D eigenvalue weighted by Crippen LogP contribution is -2.39. The van der Waals surface area contributed by atoms with Gasteiger partial charge in [0.15, 0.2) is 5.96 Å². The summed E-state index contributed by atoms with van der Waals surface area (Å²) in [6.45, 7) is 9.10. The first-order chi connectivity index (χ1) is 12.7. The summed E-state index contributed by atoms with van der Waals surface area (Å²) in [4.78, 5) is 9.35. The van der Waals surface area contributed by atoms with Crippen LogP contribution in [0.2, 0.25) is 0 Å². The molecule has 1 heterocycles. The van der Waals surface area contributed by atoms with Gasteiger partial charge in [-0.25, -0.2) is 4.99 Å². The predicted molar refractivity (Wildman–Crippen MR) is 122 cm³/mol. The Balaban J connectivity index is 0.00000364. The molecule has 0 amide bonds. The lowest BCUT2D eigenvalue weighted by Gasteiger charge is -2.20. The number of nitrogens with one attached hydrogen (secondary N) is 1. The van der Waals surface area contributed by atoms with Crippen LogP contribution < -0.4 is 10.1 Å². The third-order valence-corrected chi connectivity index (χ3v) is 4.47. The largest absolute Gasteiger partial charge is 0.492 e. The zero-order valence-electron chi connectivity index (χ0n) is 16.9. The van der Waals surface area contributed by atoms with Gasteiger partial charge in [-0.15, -0.1) is 24.0 Å². The molecule has 27 heavy (non-hydrogen) atoms. The molecule has 1 N–H and O–H groups in total. The molecule has 1 aliphatic heterocycles. The fraction of sp³-hybridized carbons (Fsp3) is 0.650. The quantitative estimate of drug-likeness (QED) is 0.311. The van der Waals surface area contributed by atoms with Crippen molar-refractivity contribution in [2.24, 2.45) is 4.99 Å². The Kier molecular flexibility index (Phi) is 12.4. The fourth-order valence-electron chi connectivity index (χ4n) is 2.93. The topological polar surface area (TPSA) is 49.3 Å². The number of methoxy groups -OCH3 is 1. The van der Waals surface area contributed by atoms with Gasteiger partial charge in [-0.2, -0.15) is 0 Å². The average Bonchev–Trinajstić information content (AvgIpc) is 3.18. The van der Waals surface area contributed by atoms with Crippen LogP contribution in [0.15, 0.2) is 29.3 Å². The molecular formula is C20H35IN4O2. The van der Waals surface area contributed by atoms with Crippen molar-refractivity contribution < 1.29 is 9.47 Å². The van der Waals surface area contributed by atoms with Crippen LogP contribution in [-0.4, -0.2) is 75.9 Å². The minimum Gasteiger partial charge on any atom is -0.492 e. The number of hydrogen-bond acceptors (Lipinski definition) is 4. The van der Waals surface area contributed by atoms with Gasteiger partial charge >= 0.3 is 0 Å². The molecular weight excluding hydrogens is 455 g/mol. The number of halogens is 1. The molecule has 7 heteroatoms. The molecule has 1 aromatic carbocycles. The molecule has 0 saturated carbocycles. The first-order valence-corrected chi connectivity index (χ1v) is 9.65. The molecule has 0 atom stereocenters. The SMILES string of the molecule is CCNC(=NCc1cccc(OCCN(C)CCOC)c1)N1CCCC1.I. The lowest BCUT2D eigenvalue weighted by molar-refractivity contribution is 0.150. The van der Waals surface area contributed by atoms with E-state index in [1.165, 1.54) is 18.4 Å². The number of aliphatic imine (C=N–C) groups is 1. The molecule has 1 saturated heterocycles. The van der Waals surface area contributed by atoms with Gasteiger partial charge in [0.05, 0.1) is 13.2 Å². The van der Waals surface area contributed by atoms with E-state index in [1.807, 2.05) is 12.1 Å². The minimum atomic E-state index is 0. The van der Waals surface area contributed by atoms with Gasteiger partial charge in [0.25, 0.3) is 0 Å². The van der Waals surface area contributed by atoms with Crippen molar-refractivity contribution in [2.75, 3.05) is 60.1 Å². The van der Waals surface area contributed by atoms with Crippen molar-refractivity contribution in [2.45, 2.75) is 26.3 Å². The molecule has 0 bridgehead atoms. The first-order valence-electron chi connectivity index (χ1n) is 9.65. The lowest BCUT2D eigenvalue weighted by atomic mass is 10.2. The molecule has 1 fully saturated rings. The van der Waals surface area contributed by atoms with Gasteiger partial charge in [-0.3, -0.25) is 0 Å². The number of likely N-dealkylation sites (tertiary alicyclic amines) is 1. The van der Waals surface area contributed by atoms with E-state index in [9.17, 15) is 0 Å². The van der Waals surface area contributed by atoms with Crippen LogP contribution in [0.5, 0.6) is 5.75 Å². The summed E-state index contributed by atoms with van der Waals surface area (Å²) in [7, 11) is 3.80. The Bertz CT molecular complexity index is 551. The smallest absolute Gasteiger partial charge is 0.194 e. The molecule has 0 spiro atoms. The van der Waals surface area contributed by atoms with Crippen LogP contribution >= 0.6 is 24.0 Å². The monoisotopic (exact) mass is 490 g/mol. The number of benzene rings is 1. The second-order valence-corrected chi connectivity index (χ2v) is 6.66. The second kappa shape index (κ2) is 14.0. The van der Waals surface area contributed by atoms with Crippen molar-refractivity contribution in [3.05, 3.63) is 29.8 Å². The number of nitrogens with zero attached hydrogens (tertiary/aromatic N) is 3. The van der Waals surface area contributed by atoms with Gasteiger partial charge in [-0.05, 0) is 44.5 Å². The van der Waals surface area contributed by atoms with Crippen LogP contribution in [-0.2, 0) is 11.3 Å². The highest BCUT2D eigenvalue weighted by molar-refractivity contribution is 14.0. The summed E-state index contributed by atoms with van der Waals surface area (Å²) in [5, 5.41) is 3.40. The maximum Gasteiger partial charge on any atom is 0.194 e. The van der Waals surface area contributed by atoms with E-state index in [-0.39, 0.29) is 24.0 Å². The highest BCUT2D eigenvalue weighted by Crippen LogP contribution is 2.15. The first kappa shape index (κ1) is 24.0. The van der Waals surface area contributed by atoms with Crippen molar-refractivity contribution in [1.82, 2.24) is 15.1 Å². The zero-order chi connectivity index (χ0) is 18.6. The maximum absolute atomic E-state index is 5.89. The normalized spacial score (nSPS) is 14.4. The summed E-state index contributed by atoms with van der Waals surface area (Å²) in [5.41, 5.74) is 1.17. The summed E-state index contributed by atoms with van der Waals surface area (Å²) < 4.78 is 11.0. The van der Waals surface area contributed by atoms with E-state index in [0.29, 0.717) is 13.2 Å². The predicted octanol–water partition coefficient (Wildman–Crippen LogP) is 2.82. The van der Waals surface area contributed by atoms with Crippen molar-refractivity contribution >= 4 is 29.9 Å². The van der Waals surface area contributed by atoms with Crippen molar-refractivity contribution in [1.29, 1.82) is 0 Å². The molecule has 154 valence electrons. The van der Waals surface area contributed by atoms with E-state index in [2.05, 4.69) is 41.2 Å². The van der Waals surface area contributed by atoms with Crippen LogP contribution in [0.25, 0.3) is 0 Å². The Morgan fingerprint density at radius 3 is 2.67 bits per heavy atom. The molecule has 0 unspecified atom stereocenters. The van der Waals surface area contributed by atoms with Crippen LogP contribution in [0.1, 0.15) is 25.3 Å². The minimum absolute atomic E-state index is 0. The van der Waals surface area contributed by atoms with Gasteiger partial charge in [0.2, 0.25) is 0 Å². The van der Waals surface area contributed by atoms with Crippen LogP contribution in [0.4, 0.5) is 0 Å². The number of hydrogen-bond donors (Lipinski definition) is 1. The standard InChI is InChI=1S/C20H34N4O2.HI/c1-4-21-20(24-10-5-6-11-24)22-17-18-8-7-9-19(16-18)26-15-13-23(2)12-14-25-3;/h7-9,16H,4-6,10-15,17H2,1-3H3,(H,21,22);1H. The van der Waals surface area contributed by atoms with Crippen molar-refractivity contribution in [3.8, 4) is 5.75 Å². The van der Waals surface area contributed by atoms with E-state index in [4.69, 9.17) is 14.5 Å². The fourth-order valence-corrected chi connectivity index (χ4v) is 2.93. The maximum atomic E-state index is 5.89. The summed E-state index contributed by atoms with van der Waals surface area (Å²) in [6, 6.07) is 8.24. The molecule has 1 aliphatic rings. The van der Waals surface area contributed by atoms with E-state index >= 15 is 0 Å². The van der Waals surface area contributed by atoms with E-state index in [0.717, 1.165) is 51.0 Å². The Morgan fingerprint density at radius 2 is 1.96 bits per heavy atom. The molecule has 2 rings (SSSR count). The second-order valence-electron chi connectivity index (χ2n) is 6.66. The third-order valence-electron chi connectivity index (χ3n) is 4.47. The molecule has 1 aromatic rings. The van der Waals surface area contributed by atoms with E-state index in [1.54, 1.807) is 7.11 Å². The van der Waals surface area contributed by atoms with Crippen molar-refractivity contribution in [3.63, 3.8) is 0 Å². The van der Waals surface area contributed by atoms with Gasteiger partial charge in [0.1, 0.15) is 12.4 Å². The Hall–Kier alpha value is -1.06. The molecule has 6 nitrogen and oxygen atoms in total. The number of guanidine groups is 1. The van der Waals surface area contributed by atoms with Crippen LogP contribution in [0.3, 0.4) is 0 Å². The third kappa shape index (κ3) is 9.12. The highest BCUT2D eigenvalue weighted by Gasteiger charge is 2.15. The number of likely N-dealkylation sites (N-methyl/N-ethyl adjacent to an activating group) is 1. The van der Waals surface area contributed by atoms with Gasteiger partial charge in [0, 0.05) is 39.8 Å². The van der Waals surface area contributed by atoms with Crippen LogP contribution in [0, 0.1) is 0 Å². The number of ether oxygens (including phenoxy) is 2.